The first-order valence-corrected chi connectivity index (χ1v) is 7.47. The van der Waals surface area contributed by atoms with Crippen LogP contribution in [0.25, 0.3) is 0 Å². The first-order valence-electron chi connectivity index (χ1n) is 6.31. The van der Waals surface area contributed by atoms with Crippen LogP contribution in [0.4, 0.5) is 0 Å². The third kappa shape index (κ3) is 6.47. The van der Waals surface area contributed by atoms with Gasteiger partial charge in [0.15, 0.2) is 0 Å². The van der Waals surface area contributed by atoms with Crippen LogP contribution < -0.4 is 5.32 Å². The van der Waals surface area contributed by atoms with Gasteiger partial charge in [0.2, 0.25) is 0 Å². The first kappa shape index (κ1) is 13.4. The molecule has 1 aliphatic heterocycles. The normalized spacial score (nSPS) is 25.2. The molecule has 0 aromatic heterocycles. The van der Waals surface area contributed by atoms with Crippen molar-refractivity contribution in [3.8, 4) is 0 Å². The standard InChI is InChI=1S/C13H27NS/c1-11(7-8-13(2,3)4)14-12-6-5-9-15-10-12/h11-12,14H,5-10H2,1-4H3. The van der Waals surface area contributed by atoms with Gasteiger partial charge in [-0.1, -0.05) is 20.8 Å². The molecule has 1 heterocycles. The molecule has 0 radical (unpaired) electrons. The molecule has 2 atom stereocenters. The van der Waals surface area contributed by atoms with E-state index in [1.165, 1.54) is 37.2 Å². The van der Waals surface area contributed by atoms with E-state index in [4.69, 9.17) is 0 Å². The van der Waals surface area contributed by atoms with E-state index in [0.717, 1.165) is 6.04 Å². The molecule has 1 N–H and O–H groups in total. The Hall–Kier alpha value is 0.310. The maximum atomic E-state index is 3.77. The summed E-state index contributed by atoms with van der Waals surface area (Å²) in [6.45, 7) is 9.33. The summed E-state index contributed by atoms with van der Waals surface area (Å²) in [6, 6.07) is 1.46. The van der Waals surface area contributed by atoms with E-state index in [0.29, 0.717) is 11.5 Å². The molecule has 0 aromatic carbocycles. The Bertz CT molecular complexity index is 168. The monoisotopic (exact) mass is 229 g/mol. The van der Waals surface area contributed by atoms with E-state index in [-0.39, 0.29) is 0 Å². The third-order valence-corrected chi connectivity index (χ3v) is 4.22. The Labute approximate surface area is 99.8 Å². The summed E-state index contributed by atoms with van der Waals surface area (Å²) in [4.78, 5) is 0. The maximum Gasteiger partial charge on any atom is 0.0160 e. The zero-order chi connectivity index (χ0) is 11.3. The molecule has 0 aromatic rings. The second kappa shape index (κ2) is 6.15. The molecular formula is C13H27NS. The number of hydrogen-bond donors (Lipinski definition) is 1. The van der Waals surface area contributed by atoms with Gasteiger partial charge in [0.05, 0.1) is 0 Å². The van der Waals surface area contributed by atoms with Crippen LogP contribution in [-0.4, -0.2) is 23.6 Å². The second-order valence-corrected chi connectivity index (χ2v) is 7.23. The van der Waals surface area contributed by atoms with E-state index in [2.05, 4.69) is 44.8 Å². The molecule has 90 valence electrons. The van der Waals surface area contributed by atoms with Gasteiger partial charge in [0.1, 0.15) is 0 Å². The van der Waals surface area contributed by atoms with Crippen molar-refractivity contribution in [2.45, 2.75) is 65.5 Å². The van der Waals surface area contributed by atoms with Gasteiger partial charge in [0, 0.05) is 17.8 Å². The van der Waals surface area contributed by atoms with Crippen LogP contribution in [0.15, 0.2) is 0 Å². The third-order valence-electron chi connectivity index (χ3n) is 3.01. The predicted octanol–water partition coefficient (Wildman–Crippen LogP) is 3.69. The van der Waals surface area contributed by atoms with Gasteiger partial charge in [-0.3, -0.25) is 0 Å². The molecular weight excluding hydrogens is 202 g/mol. The summed E-state index contributed by atoms with van der Waals surface area (Å²) < 4.78 is 0. The predicted molar refractivity (Wildman–Crippen MR) is 71.6 cm³/mol. The molecule has 0 amide bonds. The molecule has 2 heteroatoms. The highest BCUT2D eigenvalue weighted by Crippen LogP contribution is 2.22. The van der Waals surface area contributed by atoms with Gasteiger partial charge in [-0.25, -0.2) is 0 Å². The molecule has 0 saturated carbocycles. The van der Waals surface area contributed by atoms with Gasteiger partial charge < -0.3 is 5.32 Å². The summed E-state index contributed by atoms with van der Waals surface area (Å²) in [5.41, 5.74) is 0.483. The van der Waals surface area contributed by atoms with Crippen molar-refractivity contribution < 1.29 is 0 Å². The largest absolute Gasteiger partial charge is 0.311 e. The highest BCUT2D eigenvalue weighted by molar-refractivity contribution is 7.99. The average molecular weight is 229 g/mol. The Morgan fingerprint density at radius 1 is 1.40 bits per heavy atom. The van der Waals surface area contributed by atoms with Crippen molar-refractivity contribution in [3.63, 3.8) is 0 Å². The lowest BCUT2D eigenvalue weighted by atomic mass is 9.89. The van der Waals surface area contributed by atoms with Crippen LogP contribution in [0.3, 0.4) is 0 Å². The van der Waals surface area contributed by atoms with Gasteiger partial charge in [-0.05, 0) is 43.8 Å². The number of hydrogen-bond acceptors (Lipinski definition) is 2. The maximum absolute atomic E-state index is 3.77. The highest BCUT2D eigenvalue weighted by atomic mass is 32.2. The molecule has 0 spiro atoms. The minimum atomic E-state index is 0.483. The Kier molecular flexibility index (Phi) is 5.48. The summed E-state index contributed by atoms with van der Waals surface area (Å²) >= 11 is 2.11. The molecule has 1 nitrogen and oxygen atoms in total. The van der Waals surface area contributed by atoms with Gasteiger partial charge in [-0.2, -0.15) is 11.8 Å². The van der Waals surface area contributed by atoms with E-state index >= 15 is 0 Å². The van der Waals surface area contributed by atoms with Crippen molar-refractivity contribution in [3.05, 3.63) is 0 Å². The number of thioether (sulfide) groups is 1. The lowest BCUT2D eigenvalue weighted by Gasteiger charge is -2.28. The topological polar surface area (TPSA) is 12.0 Å². The van der Waals surface area contributed by atoms with Crippen LogP contribution in [0.2, 0.25) is 0 Å². The van der Waals surface area contributed by atoms with Crippen LogP contribution >= 0.6 is 11.8 Å². The number of nitrogens with one attached hydrogen (secondary N) is 1. The van der Waals surface area contributed by atoms with Crippen LogP contribution in [0.5, 0.6) is 0 Å². The first-order chi connectivity index (χ1) is 6.97. The van der Waals surface area contributed by atoms with Gasteiger partial charge in [-0.15, -0.1) is 0 Å². The van der Waals surface area contributed by atoms with E-state index in [1.54, 1.807) is 0 Å². The van der Waals surface area contributed by atoms with Crippen LogP contribution in [-0.2, 0) is 0 Å². The summed E-state index contributed by atoms with van der Waals surface area (Å²) in [6.07, 6.45) is 5.41. The fraction of sp³-hybridized carbons (Fsp3) is 1.00. The van der Waals surface area contributed by atoms with Crippen molar-refractivity contribution >= 4 is 11.8 Å². The van der Waals surface area contributed by atoms with E-state index < -0.39 is 0 Å². The highest BCUT2D eigenvalue weighted by Gasteiger charge is 2.17. The van der Waals surface area contributed by atoms with E-state index in [9.17, 15) is 0 Å². The molecule has 1 fully saturated rings. The van der Waals surface area contributed by atoms with Crippen LogP contribution in [0, 0.1) is 5.41 Å². The lowest BCUT2D eigenvalue weighted by Crippen LogP contribution is -2.40. The fourth-order valence-electron chi connectivity index (χ4n) is 2.01. The zero-order valence-corrected chi connectivity index (χ0v) is 11.6. The van der Waals surface area contributed by atoms with E-state index in [1.807, 2.05) is 0 Å². The van der Waals surface area contributed by atoms with Crippen LogP contribution in [0.1, 0.15) is 53.4 Å². The fourth-order valence-corrected chi connectivity index (χ4v) is 3.09. The quantitative estimate of drug-likeness (QED) is 0.789. The Balaban J connectivity index is 2.14. The van der Waals surface area contributed by atoms with Gasteiger partial charge in [0.25, 0.3) is 0 Å². The number of rotatable bonds is 4. The Morgan fingerprint density at radius 3 is 2.67 bits per heavy atom. The van der Waals surface area contributed by atoms with Crippen molar-refractivity contribution in [2.24, 2.45) is 5.41 Å². The summed E-state index contributed by atoms with van der Waals surface area (Å²) in [5.74, 6) is 2.69. The second-order valence-electron chi connectivity index (χ2n) is 6.08. The molecule has 2 unspecified atom stereocenters. The minimum absolute atomic E-state index is 0.483. The average Bonchev–Trinajstić information content (AvgIpc) is 2.15. The smallest absolute Gasteiger partial charge is 0.0160 e. The van der Waals surface area contributed by atoms with Gasteiger partial charge >= 0.3 is 0 Å². The Morgan fingerprint density at radius 2 is 2.13 bits per heavy atom. The van der Waals surface area contributed by atoms with Crippen molar-refractivity contribution in [1.82, 2.24) is 5.32 Å². The SMILES string of the molecule is CC(CCC(C)(C)C)NC1CCCSC1. The zero-order valence-electron chi connectivity index (χ0n) is 10.8. The molecule has 15 heavy (non-hydrogen) atoms. The van der Waals surface area contributed by atoms with Crippen molar-refractivity contribution in [2.75, 3.05) is 11.5 Å². The molecule has 0 bridgehead atoms. The molecule has 1 saturated heterocycles. The molecule has 1 aliphatic rings. The molecule has 0 aliphatic carbocycles. The summed E-state index contributed by atoms with van der Waals surface area (Å²) in [7, 11) is 0. The summed E-state index contributed by atoms with van der Waals surface area (Å²) in [5, 5.41) is 3.77. The minimum Gasteiger partial charge on any atom is -0.311 e. The van der Waals surface area contributed by atoms with Crippen molar-refractivity contribution in [1.29, 1.82) is 0 Å². The lowest BCUT2D eigenvalue weighted by molar-refractivity contribution is 0.323. The molecule has 1 rings (SSSR count).